The molecule has 1 atom stereocenters. The van der Waals surface area contributed by atoms with Crippen LogP contribution in [-0.2, 0) is 4.74 Å². The fourth-order valence-electron chi connectivity index (χ4n) is 2.30. The maximum atomic E-state index is 10.3. The summed E-state index contributed by atoms with van der Waals surface area (Å²) in [6.07, 6.45) is 0.205. The zero-order chi connectivity index (χ0) is 13.6. The minimum atomic E-state index is -0.102. The fourth-order valence-corrected chi connectivity index (χ4v) is 2.74. The third-order valence-electron chi connectivity index (χ3n) is 3.22. The summed E-state index contributed by atoms with van der Waals surface area (Å²) in [6.45, 7) is 14.0. The van der Waals surface area contributed by atoms with Crippen LogP contribution in [0.1, 0.15) is 27.7 Å². The van der Waals surface area contributed by atoms with Crippen molar-refractivity contribution in [2.75, 3.05) is 39.3 Å². The molecule has 1 unspecified atom stereocenters. The first-order chi connectivity index (χ1) is 8.48. The smallest absolute Gasteiger partial charge is 0.107 e. The van der Waals surface area contributed by atoms with Crippen molar-refractivity contribution in [2.45, 2.75) is 38.7 Å². The summed E-state index contributed by atoms with van der Waals surface area (Å²) in [7, 11) is 0. The summed E-state index contributed by atoms with van der Waals surface area (Å²) in [5.41, 5.74) is 0. The van der Waals surface area contributed by atoms with E-state index in [4.69, 9.17) is 4.74 Å². The zero-order valence-electron chi connectivity index (χ0n) is 11.9. The van der Waals surface area contributed by atoms with Gasteiger partial charge < -0.3 is 4.74 Å². The second-order valence-electron chi connectivity index (χ2n) is 5.29. The van der Waals surface area contributed by atoms with Gasteiger partial charge in [-0.25, -0.2) is 0 Å². The Balaban J connectivity index is 2.33. The van der Waals surface area contributed by atoms with Crippen molar-refractivity contribution < 1.29 is 4.74 Å². The van der Waals surface area contributed by atoms with Crippen molar-refractivity contribution in [3.63, 3.8) is 0 Å². The molecule has 1 aliphatic rings. The second kappa shape index (κ2) is 7.43. The van der Waals surface area contributed by atoms with Gasteiger partial charge in [0, 0.05) is 60.6 Å². The summed E-state index contributed by atoms with van der Waals surface area (Å²) >= 11 is 1.13. The van der Waals surface area contributed by atoms with Crippen molar-refractivity contribution in [1.29, 1.82) is 0 Å². The van der Waals surface area contributed by atoms with Crippen molar-refractivity contribution in [3.8, 4) is 0 Å². The molecular formula is C12H25N3O2S. The van der Waals surface area contributed by atoms with Crippen LogP contribution in [0.25, 0.3) is 0 Å². The standard InChI is InChI=1S/C12H25N3O2S/c1-5-17-11(2)15-8-6-14(7-9-15)10-12(3,4)18-13-16/h11H,5-10H2,1-4H3. The lowest BCUT2D eigenvalue weighted by Crippen LogP contribution is -2.52. The molecule has 0 aromatic carbocycles. The van der Waals surface area contributed by atoms with Crippen LogP contribution in [0, 0.1) is 4.91 Å². The Morgan fingerprint density at radius 2 is 1.94 bits per heavy atom. The van der Waals surface area contributed by atoms with E-state index in [1.165, 1.54) is 0 Å². The van der Waals surface area contributed by atoms with Gasteiger partial charge in [-0.2, -0.15) is 0 Å². The number of nitroso groups, excluding NO2 is 1. The summed E-state index contributed by atoms with van der Waals surface area (Å²) in [6, 6.07) is 0. The number of hydrogen-bond acceptors (Lipinski definition) is 6. The Morgan fingerprint density at radius 3 is 2.44 bits per heavy atom. The minimum Gasteiger partial charge on any atom is -0.364 e. The largest absolute Gasteiger partial charge is 0.364 e. The Bertz CT molecular complexity index is 256. The van der Waals surface area contributed by atoms with Crippen molar-refractivity contribution in [2.24, 2.45) is 4.58 Å². The van der Waals surface area contributed by atoms with E-state index in [9.17, 15) is 4.91 Å². The molecule has 1 aliphatic heterocycles. The predicted octanol–water partition coefficient (Wildman–Crippen LogP) is 2.18. The number of nitrogens with zero attached hydrogens (tertiary/aromatic N) is 3. The average molecular weight is 275 g/mol. The van der Waals surface area contributed by atoms with E-state index >= 15 is 0 Å². The Kier molecular flexibility index (Phi) is 6.55. The molecule has 0 aliphatic carbocycles. The zero-order valence-corrected chi connectivity index (χ0v) is 12.7. The van der Waals surface area contributed by atoms with Crippen LogP contribution in [0.2, 0.25) is 0 Å². The van der Waals surface area contributed by atoms with Crippen LogP contribution in [0.15, 0.2) is 4.58 Å². The van der Waals surface area contributed by atoms with Gasteiger partial charge in [0.05, 0.1) is 0 Å². The Labute approximate surface area is 114 Å². The highest BCUT2D eigenvalue weighted by Gasteiger charge is 2.27. The molecule has 0 N–H and O–H groups in total. The van der Waals surface area contributed by atoms with Gasteiger partial charge in [0.2, 0.25) is 0 Å². The van der Waals surface area contributed by atoms with Crippen molar-refractivity contribution in [1.82, 2.24) is 9.80 Å². The Hall–Kier alpha value is -0.170. The van der Waals surface area contributed by atoms with Gasteiger partial charge in [-0.05, 0) is 27.7 Å². The molecule has 6 heteroatoms. The van der Waals surface area contributed by atoms with Crippen molar-refractivity contribution >= 4 is 11.9 Å². The van der Waals surface area contributed by atoms with Crippen LogP contribution < -0.4 is 0 Å². The molecule has 0 radical (unpaired) electrons. The first-order valence-electron chi connectivity index (χ1n) is 6.57. The predicted molar refractivity (Wildman–Crippen MR) is 76.6 cm³/mol. The quantitative estimate of drug-likeness (QED) is 0.526. The summed E-state index contributed by atoms with van der Waals surface area (Å²) in [5, 5.41) is 0. The SMILES string of the molecule is CCOC(C)N1CCN(CC(C)(C)SN=O)CC1. The molecule has 0 bridgehead atoms. The van der Waals surface area contributed by atoms with E-state index in [-0.39, 0.29) is 11.0 Å². The van der Waals surface area contributed by atoms with Gasteiger partial charge in [0.1, 0.15) is 6.23 Å². The number of ether oxygens (including phenoxy) is 1. The van der Waals surface area contributed by atoms with Crippen molar-refractivity contribution in [3.05, 3.63) is 4.91 Å². The van der Waals surface area contributed by atoms with Crippen LogP contribution >= 0.6 is 11.9 Å². The third-order valence-corrected chi connectivity index (χ3v) is 3.92. The lowest BCUT2D eigenvalue weighted by atomic mass is 10.1. The monoisotopic (exact) mass is 275 g/mol. The highest BCUT2D eigenvalue weighted by Crippen LogP contribution is 2.26. The van der Waals surface area contributed by atoms with E-state index in [0.717, 1.165) is 51.3 Å². The molecule has 0 aromatic rings. The van der Waals surface area contributed by atoms with Gasteiger partial charge in [0.15, 0.2) is 0 Å². The molecule has 0 amide bonds. The molecule has 1 saturated heterocycles. The van der Waals surface area contributed by atoms with E-state index in [1.54, 1.807) is 0 Å². The highest BCUT2D eigenvalue weighted by atomic mass is 32.2. The lowest BCUT2D eigenvalue weighted by molar-refractivity contribution is -0.0609. The normalized spacial score (nSPS) is 20.9. The van der Waals surface area contributed by atoms with Gasteiger partial charge in [-0.15, -0.1) is 4.91 Å². The van der Waals surface area contributed by atoms with Crippen LogP contribution in [0.3, 0.4) is 0 Å². The first kappa shape index (κ1) is 15.9. The average Bonchev–Trinajstić information content (AvgIpc) is 2.29. The summed E-state index contributed by atoms with van der Waals surface area (Å²) in [4.78, 5) is 15.1. The molecule has 0 spiro atoms. The molecule has 1 rings (SSSR count). The van der Waals surface area contributed by atoms with E-state index < -0.39 is 0 Å². The van der Waals surface area contributed by atoms with Crippen LogP contribution in [-0.4, -0.2) is 60.1 Å². The minimum absolute atomic E-state index is 0.102. The molecule has 18 heavy (non-hydrogen) atoms. The maximum Gasteiger partial charge on any atom is 0.107 e. The lowest BCUT2D eigenvalue weighted by Gasteiger charge is -2.39. The molecule has 1 heterocycles. The summed E-state index contributed by atoms with van der Waals surface area (Å²) in [5.74, 6) is 0. The van der Waals surface area contributed by atoms with Crippen LogP contribution in [0.4, 0.5) is 0 Å². The van der Waals surface area contributed by atoms with Gasteiger partial charge in [-0.1, -0.05) is 0 Å². The third kappa shape index (κ3) is 5.22. The topological polar surface area (TPSA) is 45.1 Å². The number of rotatable bonds is 7. The fraction of sp³-hybridized carbons (Fsp3) is 1.00. The molecule has 1 fully saturated rings. The second-order valence-corrected chi connectivity index (χ2v) is 6.73. The molecule has 5 nitrogen and oxygen atoms in total. The number of hydrogen-bond donors (Lipinski definition) is 0. The maximum absolute atomic E-state index is 10.3. The molecule has 0 saturated carbocycles. The first-order valence-corrected chi connectivity index (χ1v) is 7.34. The highest BCUT2D eigenvalue weighted by molar-refractivity contribution is 7.99. The molecular weight excluding hydrogens is 250 g/mol. The number of piperazine rings is 1. The molecule has 0 aromatic heterocycles. The Morgan fingerprint density at radius 1 is 1.33 bits per heavy atom. The molecule has 106 valence electrons. The van der Waals surface area contributed by atoms with E-state index in [0.29, 0.717) is 0 Å². The van der Waals surface area contributed by atoms with Gasteiger partial charge in [-0.3, -0.25) is 9.80 Å². The van der Waals surface area contributed by atoms with Crippen LogP contribution in [0.5, 0.6) is 0 Å². The van der Waals surface area contributed by atoms with E-state index in [1.807, 2.05) is 6.92 Å². The van der Waals surface area contributed by atoms with Gasteiger partial charge >= 0.3 is 0 Å². The van der Waals surface area contributed by atoms with E-state index in [2.05, 4.69) is 35.2 Å². The van der Waals surface area contributed by atoms with Gasteiger partial charge in [0.25, 0.3) is 0 Å². The summed E-state index contributed by atoms with van der Waals surface area (Å²) < 4.78 is 8.45.